The van der Waals surface area contributed by atoms with E-state index in [1.807, 2.05) is 0 Å². The number of amides is 1. The normalized spacial score (nSPS) is 21.0. The van der Waals surface area contributed by atoms with E-state index < -0.39 is 5.97 Å². The lowest BCUT2D eigenvalue weighted by Crippen LogP contribution is -2.42. The van der Waals surface area contributed by atoms with E-state index in [0.717, 1.165) is 12.3 Å². The first-order valence-electron chi connectivity index (χ1n) is 6.75. The SMILES string of the molecule is O=C(O)C1CCN(C(=O)COCCC2CC2)CC1. The minimum absolute atomic E-state index is 0.00497. The Morgan fingerprint density at radius 2 is 1.83 bits per heavy atom. The minimum atomic E-state index is -0.747. The van der Waals surface area contributed by atoms with Crippen molar-refractivity contribution >= 4 is 11.9 Å². The fourth-order valence-electron chi connectivity index (χ4n) is 2.28. The number of ether oxygens (including phenoxy) is 1. The number of rotatable bonds is 6. The highest BCUT2D eigenvalue weighted by atomic mass is 16.5. The molecule has 0 bridgehead atoms. The zero-order valence-electron chi connectivity index (χ0n) is 10.6. The average Bonchev–Trinajstić information content (AvgIpc) is 3.18. The maximum Gasteiger partial charge on any atom is 0.306 e. The number of hydrogen-bond donors (Lipinski definition) is 1. The lowest BCUT2D eigenvalue weighted by Gasteiger charge is -2.30. The molecule has 102 valence electrons. The molecule has 0 aromatic carbocycles. The number of likely N-dealkylation sites (tertiary alicyclic amines) is 1. The third-order valence-corrected chi connectivity index (χ3v) is 3.79. The second kappa shape index (κ2) is 6.18. The van der Waals surface area contributed by atoms with Crippen LogP contribution < -0.4 is 0 Å². The molecule has 0 spiro atoms. The van der Waals surface area contributed by atoms with Crippen molar-refractivity contribution in [3.8, 4) is 0 Å². The van der Waals surface area contributed by atoms with Gasteiger partial charge in [-0.05, 0) is 25.2 Å². The highest BCUT2D eigenvalue weighted by molar-refractivity contribution is 5.78. The van der Waals surface area contributed by atoms with Crippen molar-refractivity contribution in [1.82, 2.24) is 4.90 Å². The fourth-order valence-corrected chi connectivity index (χ4v) is 2.28. The molecule has 1 aliphatic heterocycles. The Hall–Kier alpha value is -1.10. The molecular formula is C13H21NO4. The first kappa shape index (κ1) is 13.3. The van der Waals surface area contributed by atoms with Crippen molar-refractivity contribution in [2.45, 2.75) is 32.1 Å². The maximum atomic E-state index is 11.8. The van der Waals surface area contributed by atoms with Gasteiger partial charge >= 0.3 is 5.97 Å². The summed E-state index contributed by atoms with van der Waals surface area (Å²) in [6, 6.07) is 0. The molecule has 5 heteroatoms. The highest BCUT2D eigenvalue weighted by Gasteiger charge is 2.27. The van der Waals surface area contributed by atoms with Crippen molar-refractivity contribution in [1.29, 1.82) is 0 Å². The van der Waals surface area contributed by atoms with Gasteiger partial charge in [-0.15, -0.1) is 0 Å². The molecule has 0 aromatic rings. The summed E-state index contributed by atoms with van der Waals surface area (Å²) in [6.07, 6.45) is 4.79. The number of carbonyl (C=O) groups excluding carboxylic acids is 1. The van der Waals surface area contributed by atoms with Crippen LogP contribution in [0.15, 0.2) is 0 Å². The van der Waals surface area contributed by atoms with Crippen LogP contribution in [0.25, 0.3) is 0 Å². The van der Waals surface area contributed by atoms with Gasteiger partial charge in [-0.1, -0.05) is 12.8 Å². The molecule has 2 fully saturated rings. The molecule has 1 aliphatic carbocycles. The number of nitrogens with zero attached hydrogens (tertiary/aromatic N) is 1. The van der Waals surface area contributed by atoms with Crippen LogP contribution in [-0.4, -0.2) is 48.2 Å². The summed E-state index contributed by atoms with van der Waals surface area (Å²) in [7, 11) is 0. The lowest BCUT2D eigenvalue weighted by molar-refractivity contribution is -0.146. The molecule has 2 rings (SSSR count). The van der Waals surface area contributed by atoms with Crippen LogP contribution in [0.4, 0.5) is 0 Å². The monoisotopic (exact) mass is 255 g/mol. The molecule has 1 saturated carbocycles. The van der Waals surface area contributed by atoms with Gasteiger partial charge in [0.1, 0.15) is 6.61 Å². The molecular weight excluding hydrogens is 234 g/mol. The lowest BCUT2D eigenvalue weighted by atomic mass is 9.97. The number of piperidine rings is 1. The van der Waals surface area contributed by atoms with Crippen LogP contribution in [0.3, 0.4) is 0 Å². The fraction of sp³-hybridized carbons (Fsp3) is 0.846. The predicted molar refractivity (Wildman–Crippen MR) is 65.1 cm³/mol. The van der Waals surface area contributed by atoms with Gasteiger partial charge in [0, 0.05) is 19.7 Å². The second-order valence-electron chi connectivity index (χ2n) is 5.28. The largest absolute Gasteiger partial charge is 0.481 e. The topological polar surface area (TPSA) is 66.8 Å². The van der Waals surface area contributed by atoms with Crippen LogP contribution in [0.5, 0.6) is 0 Å². The van der Waals surface area contributed by atoms with E-state index in [2.05, 4.69) is 0 Å². The van der Waals surface area contributed by atoms with E-state index in [9.17, 15) is 9.59 Å². The predicted octanol–water partition coefficient (Wildman–Crippen LogP) is 1.13. The van der Waals surface area contributed by atoms with Crippen LogP contribution in [0.2, 0.25) is 0 Å². The zero-order chi connectivity index (χ0) is 13.0. The standard InChI is InChI=1S/C13H21NO4/c15-12(9-18-8-5-10-1-2-10)14-6-3-11(4-7-14)13(16)17/h10-11H,1-9H2,(H,16,17). The molecule has 1 N–H and O–H groups in total. The Kier molecular flexibility index (Phi) is 4.58. The quantitative estimate of drug-likeness (QED) is 0.722. The number of hydrogen-bond acceptors (Lipinski definition) is 3. The Morgan fingerprint density at radius 1 is 1.17 bits per heavy atom. The first-order valence-corrected chi connectivity index (χ1v) is 6.75. The first-order chi connectivity index (χ1) is 8.66. The molecule has 0 radical (unpaired) electrons. The highest BCUT2D eigenvalue weighted by Crippen LogP contribution is 2.32. The smallest absolute Gasteiger partial charge is 0.306 e. The second-order valence-corrected chi connectivity index (χ2v) is 5.28. The number of carbonyl (C=O) groups is 2. The van der Waals surface area contributed by atoms with E-state index in [1.165, 1.54) is 12.8 Å². The van der Waals surface area contributed by atoms with Gasteiger partial charge in [-0.2, -0.15) is 0 Å². The Labute approximate surface area is 107 Å². The summed E-state index contributed by atoms with van der Waals surface area (Å²) in [5, 5.41) is 8.87. The van der Waals surface area contributed by atoms with E-state index in [4.69, 9.17) is 9.84 Å². The Balaban J connectivity index is 1.59. The number of carboxylic acid groups (broad SMARTS) is 1. The molecule has 1 amide bonds. The minimum Gasteiger partial charge on any atom is -0.481 e. The van der Waals surface area contributed by atoms with E-state index in [0.29, 0.717) is 32.5 Å². The zero-order valence-corrected chi connectivity index (χ0v) is 10.6. The van der Waals surface area contributed by atoms with Gasteiger partial charge in [0.2, 0.25) is 5.91 Å². The van der Waals surface area contributed by atoms with Crippen molar-refractivity contribution in [3.63, 3.8) is 0 Å². The molecule has 0 atom stereocenters. The summed E-state index contributed by atoms with van der Waals surface area (Å²) in [4.78, 5) is 24.3. The van der Waals surface area contributed by atoms with Gasteiger partial charge < -0.3 is 14.7 Å². The van der Waals surface area contributed by atoms with Crippen LogP contribution >= 0.6 is 0 Å². The van der Waals surface area contributed by atoms with Crippen LogP contribution in [0.1, 0.15) is 32.1 Å². The Morgan fingerprint density at radius 3 is 2.39 bits per heavy atom. The molecule has 0 unspecified atom stereocenters. The third kappa shape index (κ3) is 3.98. The Bertz CT molecular complexity index is 306. The summed E-state index contributed by atoms with van der Waals surface area (Å²) in [5.41, 5.74) is 0. The summed E-state index contributed by atoms with van der Waals surface area (Å²) < 4.78 is 5.37. The molecule has 2 aliphatic rings. The summed E-state index contributed by atoms with van der Waals surface area (Å²) >= 11 is 0. The van der Waals surface area contributed by atoms with Crippen molar-refractivity contribution in [2.24, 2.45) is 11.8 Å². The number of carboxylic acids is 1. The molecule has 0 aromatic heterocycles. The van der Waals surface area contributed by atoms with Crippen molar-refractivity contribution in [3.05, 3.63) is 0 Å². The maximum absolute atomic E-state index is 11.8. The van der Waals surface area contributed by atoms with E-state index in [-0.39, 0.29) is 18.4 Å². The van der Waals surface area contributed by atoms with Crippen LogP contribution in [-0.2, 0) is 14.3 Å². The van der Waals surface area contributed by atoms with Gasteiger partial charge in [-0.25, -0.2) is 0 Å². The molecule has 1 heterocycles. The average molecular weight is 255 g/mol. The number of aliphatic carboxylic acids is 1. The van der Waals surface area contributed by atoms with Gasteiger partial charge in [0.05, 0.1) is 5.92 Å². The molecule has 1 saturated heterocycles. The van der Waals surface area contributed by atoms with Crippen molar-refractivity contribution < 1.29 is 19.4 Å². The molecule has 5 nitrogen and oxygen atoms in total. The van der Waals surface area contributed by atoms with Gasteiger partial charge in [0.15, 0.2) is 0 Å². The van der Waals surface area contributed by atoms with Gasteiger partial charge in [-0.3, -0.25) is 9.59 Å². The van der Waals surface area contributed by atoms with Gasteiger partial charge in [0.25, 0.3) is 0 Å². The summed E-state index contributed by atoms with van der Waals surface area (Å²) in [6.45, 7) is 1.90. The van der Waals surface area contributed by atoms with Crippen LogP contribution in [0, 0.1) is 11.8 Å². The molecule has 18 heavy (non-hydrogen) atoms. The van der Waals surface area contributed by atoms with E-state index >= 15 is 0 Å². The summed E-state index contributed by atoms with van der Waals surface area (Å²) in [5.74, 6) is -0.214. The van der Waals surface area contributed by atoms with E-state index in [1.54, 1.807) is 4.90 Å². The van der Waals surface area contributed by atoms with Crippen molar-refractivity contribution in [2.75, 3.05) is 26.3 Å². The third-order valence-electron chi connectivity index (χ3n) is 3.79.